The van der Waals surface area contributed by atoms with Crippen LogP contribution in [0.25, 0.3) is 0 Å². The van der Waals surface area contributed by atoms with Crippen molar-refractivity contribution in [2.75, 3.05) is 6.54 Å². The van der Waals surface area contributed by atoms with E-state index in [1.807, 2.05) is 0 Å². The fourth-order valence-corrected chi connectivity index (χ4v) is 8.75. The molecule has 3 aliphatic heterocycles. The van der Waals surface area contributed by atoms with Crippen molar-refractivity contribution < 1.29 is 4.74 Å². The van der Waals surface area contributed by atoms with E-state index in [1.165, 1.54) is 69.9 Å². The molecule has 0 aromatic carbocycles. The highest BCUT2D eigenvalue weighted by Crippen LogP contribution is 2.66. The first-order chi connectivity index (χ1) is 15.0. The van der Waals surface area contributed by atoms with Crippen LogP contribution in [0.3, 0.4) is 0 Å². The van der Waals surface area contributed by atoms with Gasteiger partial charge in [0.25, 0.3) is 0 Å². The van der Waals surface area contributed by atoms with Crippen molar-refractivity contribution in [3.05, 3.63) is 47.6 Å². The smallest absolute Gasteiger partial charge is 0.0663 e. The van der Waals surface area contributed by atoms with Gasteiger partial charge in [0.1, 0.15) is 0 Å². The molecule has 7 unspecified atom stereocenters. The standard InChI is InChI=1S/C29H41NO/c1-5-28-14-15-29(28,6-2)30-19-27(4)18-25(21-10-8-7-9-11-21)31-26(27)17-24(30)22-16-20(3)12-13-23(22)28/h7-8,14-15,21,24-26H,3,5-6,9-13,16-19H2,1-2,4H3. The van der Waals surface area contributed by atoms with Crippen LogP contribution in [0.1, 0.15) is 85.0 Å². The number of piperidine rings is 1. The van der Waals surface area contributed by atoms with Gasteiger partial charge in [-0.15, -0.1) is 0 Å². The van der Waals surface area contributed by atoms with Gasteiger partial charge >= 0.3 is 0 Å². The van der Waals surface area contributed by atoms with Crippen LogP contribution in [0.15, 0.2) is 47.6 Å². The minimum absolute atomic E-state index is 0.226. The van der Waals surface area contributed by atoms with Crippen LogP contribution in [0, 0.1) is 16.7 Å². The van der Waals surface area contributed by atoms with Crippen molar-refractivity contribution in [3.63, 3.8) is 0 Å². The zero-order valence-electron chi connectivity index (χ0n) is 20.0. The fraction of sp³-hybridized carbons (Fsp3) is 0.724. The van der Waals surface area contributed by atoms with Crippen molar-refractivity contribution in [1.82, 2.24) is 4.90 Å². The summed E-state index contributed by atoms with van der Waals surface area (Å²) in [7, 11) is 0. The van der Waals surface area contributed by atoms with Gasteiger partial charge in [0, 0.05) is 23.4 Å². The Kier molecular flexibility index (Phi) is 4.58. The lowest BCUT2D eigenvalue weighted by atomic mass is 9.48. The van der Waals surface area contributed by atoms with E-state index in [4.69, 9.17) is 4.74 Å². The zero-order valence-corrected chi connectivity index (χ0v) is 20.0. The summed E-state index contributed by atoms with van der Waals surface area (Å²) in [6.07, 6.45) is 23.1. The molecule has 168 valence electrons. The van der Waals surface area contributed by atoms with Crippen LogP contribution in [0.4, 0.5) is 0 Å². The van der Waals surface area contributed by atoms with Gasteiger partial charge in [0.2, 0.25) is 0 Å². The second-order valence-electron chi connectivity index (χ2n) is 11.8. The predicted molar refractivity (Wildman–Crippen MR) is 128 cm³/mol. The summed E-state index contributed by atoms with van der Waals surface area (Å²) in [6, 6.07) is 0.555. The maximum atomic E-state index is 6.94. The minimum Gasteiger partial charge on any atom is -0.374 e. The Morgan fingerprint density at radius 2 is 2.03 bits per heavy atom. The van der Waals surface area contributed by atoms with Crippen molar-refractivity contribution in [3.8, 4) is 0 Å². The van der Waals surface area contributed by atoms with Crippen LogP contribution in [0.2, 0.25) is 0 Å². The summed E-state index contributed by atoms with van der Waals surface area (Å²) in [5.74, 6) is 0.729. The molecule has 3 heterocycles. The van der Waals surface area contributed by atoms with E-state index < -0.39 is 0 Å². The molecule has 0 aromatic rings. The Bertz CT molecular complexity index is 881. The molecular formula is C29H41NO. The number of hydrogen-bond donors (Lipinski definition) is 0. The third-order valence-corrected chi connectivity index (χ3v) is 10.5. The average molecular weight is 420 g/mol. The summed E-state index contributed by atoms with van der Waals surface area (Å²) in [4.78, 5) is 2.98. The summed E-state index contributed by atoms with van der Waals surface area (Å²) in [6.45, 7) is 13.1. The molecule has 6 rings (SSSR count). The molecule has 0 radical (unpaired) electrons. The molecule has 2 heteroatoms. The van der Waals surface area contributed by atoms with Crippen LogP contribution < -0.4 is 0 Å². The lowest BCUT2D eigenvalue weighted by Gasteiger charge is -2.69. The number of hydrogen-bond acceptors (Lipinski definition) is 2. The number of rotatable bonds is 3. The normalized spacial score (nSPS) is 48.7. The van der Waals surface area contributed by atoms with Gasteiger partial charge in [-0.3, -0.25) is 4.90 Å². The van der Waals surface area contributed by atoms with Gasteiger partial charge in [-0.1, -0.05) is 62.8 Å². The van der Waals surface area contributed by atoms with E-state index in [0.29, 0.717) is 18.2 Å². The lowest BCUT2D eigenvalue weighted by Crippen LogP contribution is -2.73. The zero-order chi connectivity index (χ0) is 21.4. The van der Waals surface area contributed by atoms with Gasteiger partial charge in [0.15, 0.2) is 0 Å². The van der Waals surface area contributed by atoms with Crippen LogP contribution in [-0.2, 0) is 4.74 Å². The molecular weight excluding hydrogens is 378 g/mol. The summed E-state index contributed by atoms with van der Waals surface area (Å²) < 4.78 is 6.94. The predicted octanol–water partition coefficient (Wildman–Crippen LogP) is 6.75. The quantitative estimate of drug-likeness (QED) is 0.469. The third kappa shape index (κ3) is 2.58. The molecule has 0 saturated carbocycles. The minimum atomic E-state index is 0.226. The number of ether oxygens (including phenoxy) is 1. The fourth-order valence-electron chi connectivity index (χ4n) is 8.75. The summed E-state index contributed by atoms with van der Waals surface area (Å²) in [5.41, 5.74) is 5.76. The van der Waals surface area contributed by atoms with E-state index >= 15 is 0 Å². The Hall–Kier alpha value is -1.12. The second-order valence-corrected chi connectivity index (χ2v) is 11.8. The molecule has 2 saturated heterocycles. The maximum Gasteiger partial charge on any atom is 0.0663 e. The molecule has 6 aliphatic rings. The van der Waals surface area contributed by atoms with Gasteiger partial charge in [-0.25, -0.2) is 0 Å². The lowest BCUT2D eigenvalue weighted by molar-refractivity contribution is -0.114. The number of nitrogens with zero attached hydrogens (tertiary/aromatic N) is 1. The third-order valence-electron chi connectivity index (χ3n) is 10.5. The van der Waals surface area contributed by atoms with Crippen LogP contribution in [-0.4, -0.2) is 35.2 Å². The molecule has 0 amide bonds. The van der Waals surface area contributed by atoms with Crippen molar-refractivity contribution in [1.29, 1.82) is 0 Å². The second kappa shape index (κ2) is 6.94. The maximum absolute atomic E-state index is 6.94. The molecule has 0 bridgehead atoms. The van der Waals surface area contributed by atoms with Crippen molar-refractivity contribution >= 4 is 0 Å². The Morgan fingerprint density at radius 3 is 2.71 bits per heavy atom. The molecule has 0 aromatic heterocycles. The summed E-state index contributed by atoms with van der Waals surface area (Å²) in [5, 5.41) is 0. The topological polar surface area (TPSA) is 12.5 Å². The largest absolute Gasteiger partial charge is 0.374 e. The van der Waals surface area contributed by atoms with Crippen molar-refractivity contribution in [2.24, 2.45) is 16.7 Å². The van der Waals surface area contributed by atoms with E-state index in [1.54, 1.807) is 11.1 Å². The Morgan fingerprint density at radius 1 is 1.16 bits per heavy atom. The number of allylic oxidation sites excluding steroid dienone is 3. The monoisotopic (exact) mass is 419 g/mol. The highest BCUT2D eigenvalue weighted by atomic mass is 16.5. The highest BCUT2D eigenvalue weighted by Gasteiger charge is 2.66. The molecule has 0 N–H and O–H groups in total. The average Bonchev–Trinajstić information content (AvgIpc) is 3.11. The van der Waals surface area contributed by atoms with Crippen LogP contribution in [0.5, 0.6) is 0 Å². The Labute approximate surface area is 189 Å². The SMILES string of the molecule is C=C1CCC2=C(C1)C1CC3OC(C4CC=CCC4)CC3(C)CN1C1(CC)C=CC21CC. The molecule has 2 fully saturated rings. The van der Waals surface area contributed by atoms with E-state index in [0.717, 1.165) is 12.3 Å². The molecule has 7 atom stereocenters. The number of fused-ring (bicyclic) bond motifs is 6. The molecule has 3 aliphatic carbocycles. The highest BCUT2D eigenvalue weighted by molar-refractivity contribution is 5.52. The van der Waals surface area contributed by atoms with Crippen LogP contribution >= 0.6 is 0 Å². The molecule has 2 nitrogen and oxygen atoms in total. The van der Waals surface area contributed by atoms with E-state index in [9.17, 15) is 0 Å². The first kappa shape index (κ1) is 20.5. The van der Waals surface area contributed by atoms with Gasteiger partial charge in [-0.2, -0.15) is 0 Å². The molecule has 0 spiro atoms. The van der Waals surface area contributed by atoms with Gasteiger partial charge in [0.05, 0.1) is 17.7 Å². The summed E-state index contributed by atoms with van der Waals surface area (Å²) >= 11 is 0. The first-order valence-corrected chi connectivity index (χ1v) is 13.1. The molecule has 31 heavy (non-hydrogen) atoms. The Balaban J connectivity index is 1.39. The van der Waals surface area contributed by atoms with Gasteiger partial charge in [-0.05, 0) is 75.7 Å². The van der Waals surface area contributed by atoms with E-state index in [-0.39, 0.29) is 16.4 Å². The van der Waals surface area contributed by atoms with E-state index in [2.05, 4.69) is 56.6 Å². The van der Waals surface area contributed by atoms with Crippen molar-refractivity contribution in [2.45, 2.75) is 109 Å². The first-order valence-electron chi connectivity index (χ1n) is 13.1. The van der Waals surface area contributed by atoms with Gasteiger partial charge < -0.3 is 4.74 Å².